The van der Waals surface area contributed by atoms with Crippen LogP contribution in [-0.2, 0) is 0 Å². The van der Waals surface area contributed by atoms with Crippen molar-refractivity contribution < 1.29 is 9.47 Å². The molecule has 5 N–H and O–H groups in total. The third kappa shape index (κ3) is 2.86. The topological polar surface area (TPSA) is 120 Å². The van der Waals surface area contributed by atoms with Gasteiger partial charge in [-0.1, -0.05) is 0 Å². The zero-order valence-corrected chi connectivity index (χ0v) is 11.9. The van der Waals surface area contributed by atoms with Crippen molar-refractivity contribution in [1.82, 2.24) is 9.97 Å². The van der Waals surface area contributed by atoms with Crippen molar-refractivity contribution in [2.45, 2.75) is 6.92 Å². The van der Waals surface area contributed by atoms with Gasteiger partial charge in [-0.2, -0.15) is 0 Å². The van der Waals surface area contributed by atoms with Gasteiger partial charge in [0, 0.05) is 5.56 Å². The fourth-order valence-corrected chi connectivity index (χ4v) is 1.91. The van der Waals surface area contributed by atoms with Gasteiger partial charge < -0.3 is 20.9 Å². The molecule has 2 rings (SSSR count). The lowest BCUT2D eigenvalue weighted by Gasteiger charge is -2.13. The van der Waals surface area contributed by atoms with Gasteiger partial charge in [-0.25, -0.2) is 9.97 Å². The van der Waals surface area contributed by atoms with E-state index in [9.17, 15) is 0 Å². The van der Waals surface area contributed by atoms with E-state index >= 15 is 0 Å². The minimum atomic E-state index is 0.131. The summed E-state index contributed by atoms with van der Waals surface area (Å²) in [5.41, 5.74) is 12.6. The number of aromatic nitrogens is 2. The second kappa shape index (κ2) is 6.08. The van der Waals surface area contributed by atoms with E-state index in [1.54, 1.807) is 25.3 Å². The zero-order valence-electron chi connectivity index (χ0n) is 11.9. The highest BCUT2D eigenvalue weighted by molar-refractivity contribution is 6.16. The summed E-state index contributed by atoms with van der Waals surface area (Å²) >= 11 is 0. The Balaban J connectivity index is 2.44. The Morgan fingerprint density at radius 3 is 2.43 bits per heavy atom. The SMILES string of the molecule is CCOc1ccc(C(=N)c2c(N)ncnc2N)cc1OC. The number of rotatable bonds is 5. The van der Waals surface area contributed by atoms with E-state index in [-0.39, 0.29) is 17.3 Å². The smallest absolute Gasteiger partial charge is 0.161 e. The van der Waals surface area contributed by atoms with E-state index in [0.717, 1.165) is 0 Å². The summed E-state index contributed by atoms with van der Waals surface area (Å²) in [5, 5.41) is 8.26. The molecule has 0 spiro atoms. The number of nitrogens with one attached hydrogen (secondary N) is 1. The highest BCUT2D eigenvalue weighted by Crippen LogP contribution is 2.30. The number of nitrogen functional groups attached to an aromatic ring is 2. The van der Waals surface area contributed by atoms with E-state index in [1.807, 2.05) is 6.92 Å². The van der Waals surface area contributed by atoms with Crippen LogP contribution < -0.4 is 20.9 Å². The number of hydrogen-bond donors (Lipinski definition) is 3. The van der Waals surface area contributed by atoms with Crippen LogP contribution in [0.2, 0.25) is 0 Å². The van der Waals surface area contributed by atoms with Crippen LogP contribution in [0.4, 0.5) is 11.6 Å². The van der Waals surface area contributed by atoms with E-state index in [4.69, 9.17) is 26.4 Å². The maximum Gasteiger partial charge on any atom is 0.161 e. The second-order valence-corrected chi connectivity index (χ2v) is 4.19. The van der Waals surface area contributed by atoms with Crippen LogP contribution in [0.25, 0.3) is 0 Å². The first-order chi connectivity index (χ1) is 10.1. The van der Waals surface area contributed by atoms with E-state index in [2.05, 4.69) is 9.97 Å². The van der Waals surface area contributed by atoms with Gasteiger partial charge in [0.2, 0.25) is 0 Å². The van der Waals surface area contributed by atoms with Crippen LogP contribution in [0.15, 0.2) is 24.5 Å². The molecule has 0 aliphatic carbocycles. The summed E-state index contributed by atoms with van der Waals surface area (Å²) in [4.78, 5) is 7.73. The van der Waals surface area contributed by atoms with Crippen molar-refractivity contribution in [3.63, 3.8) is 0 Å². The van der Waals surface area contributed by atoms with Crippen molar-refractivity contribution in [1.29, 1.82) is 5.41 Å². The molecule has 0 aliphatic rings. The molecule has 7 heteroatoms. The van der Waals surface area contributed by atoms with Crippen molar-refractivity contribution in [2.75, 3.05) is 25.2 Å². The summed E-state index contributed by atoms with van der Waals surface area (Å²) in [6.07, 6.45) is 1.26. The van der Waals surface area contributed by atoms with Gasteiger partial charge in [0.15, 0.2) is 11.5 Å². The Labute approximate surface area is 122 Å². The fourth-order valence-electron chi connectivity index (χ4n) is 1.91. The summed E-state index contributed by atoms with van der Waals surface area (Å²) < 4.78 is 10.7. The molecule has 110 valence electrons. The molecular weight excluding hydrogens is 270 g/mol. The molecule has 0 bridgehead atoms. The van der Waals surface area contributed by atoms with Crippen molar-refractivity contribution in [3.8, 4) is 11.5 Å². The first-order valence-corrected chi connectivity index (χ1v) is 6.34. The number of hydrogen-bond acceptors (Lipinski definition) is 7. The number of nitrogens with zero attached hydrogens (tertiary/aromatic N) is 2. The molecular formula is C14H17N5O2. The monoisotopic (exact) mass is 287 g/mol. The van der Waals surface area contributed by atoms with Gasteiger partial charge in [0.1, 0.15) is 18.0 Å². The third-order valence-electron chi connectivity index (χ3n) is 2.91. The molecule has 0 amide bonds. The summed E-state index contributed by atoms with van der Waals surface area (Å²) in [7, 11) is 1.54. The molecule has 21 heavy (non-hydrogen) atoms. The number of anilines is 2. The summed E-state index contributed by atoms with van der Waals surface area (Å²) in [6.45, 7) is 2.41. The van der Waals surface area contributed by atoms with Gasteiger partial charge in [-0.05, 0) is 25.1 Å². The molecule has 1 heterocycles. The van der Waals surface area contributed by atoms with Crippen LogP contribution in [-0.4, -0.2) is 29.4 Å². The fraction of sp³-hybridized carbons (Fsp3) is 0.214. The van der Waals surface area contributed by atoms with Crippen LogP contribution in [0.5, 0.6) is 11.5 Å². The van der Waals surface area contributed by atoms with Crippen LogP contribution >= 0.6 is 0 Å². The van der Waals surface area contributed by atoms with Gasteiger partial charge in [-0.3, -0.25) is 5.41 Å². The minimum Gasteiger partial charge on any atom is -0.493 e. The molecule has 0 saturated carbocycles. The number of nitrogens with two attached hydrogens (primary N) is 2. The zero-order chi connectivity index (χ0) is 15.4. The molecule has 0 radical (unpaired) electrons. The molecule has 0 unspecified atom stereocenters. The molecule has 1 aromatic heterocycles. The van der Waals surface area contributed by atoms with Crippen LogP contribution in [0.3, 0.4) is 0 Å². The normalized spacial score (nSPS) is 10.2. The number of ether oxygens (including phenoxy) is 2. The number of methoxy groups -OCH3 is 1. The molecule has 2 aromatic rings. The third-order valence-corrected chi connectivity index (χ3v) is 2.91. The first-order valence-electron chi connectivity index (χ1n) is 6.34. The molecule has 0 saturated heterocycles. The van der Waals surface area contributed by atoms with Crippen molar-refractivity contribution in [3.05, 3.63) is 35.7 Å². The quantitative estimate of drug-likeness (QED) is 0.716. The average molecular weight is 287 g/mol. The largest absolute Gasteiger partial charge is 0.493 e. The molecule has 0 fully saturated rings. The Morgan fingerprint density at radius 2 is 1.86 bits per heavy atom. The predicted octanol–water partition coefficient (Wildman–Crippen LogP) is 1.46. The standard InChI is InChI=1S/C14H17N5O2/c1-3-21-9-5-4-8(6-10(9)20-2)12(15)11-13(16)18-7-19-14(11)17/h4-7,15H,3H2,1-2H3,(H4,16,17,18,19). The van der Waals surface area contributed by atoms with Crippen molar-refractivity contribution >= 4 is 17.3 Å². The van der Waals surface area contributed by atoms with Gasteiger partial charge >= 0.3 is 0 Å². The molecule has 1 aromatic carbocycles. The average Bonchev–Trinajstić information content (AvgIpc) is 2.47. The predicted molar refractivity (Wildman–Crippen MR) is 81.0 cm³/mol. The maximum atomic E-state index is 8.26. The Hall–Kier alpha value is -2.83. The lowest BCUT2D eigenvalue weighted by molar-refractivity contribution is 0.311. The molecule has 7 nitrogen and oxygen atoms in total. The van der Waals surface area contributed by atoms with Crippen molar-refractivity contribution in [2.24, 2.45) is 0 Å². The lowest BCUT2D eigenvalue weighted by Crippen LogP contribution is -2.12. The minimum absolute atomic E-state index is 0.131. The molecule has 0 aliphatic heterocycles. The Kier molecular flexibility index (Phi) is 4.22. The van der Waals surface area contributed by atoms with E-state index in [0.29, 0.717) is 29.2 Å². The van der Waals surface area contributed by atoms with Crippen LogP contribution in [0, 0.1) is 5.41 Å². The first kappa shape index (κ1) is 14.6. The van der Waals surface area contributed by atoms with Crippen LogP contribution in [0.1, 0.15) is 18.1 Å². The Bertz CT molecular complexity index is 652. The molecule has 0 atom stereocenters. The summed E-state index contributed by atoms with van der Waals surface area (Å²) in [5.74, 6) is 1.48. The Morgan fingerprint density at radius 1 is 1.19 bits per heavy atom. The number of benzene rings is 1. The van der Waals surface area contributed by atoms with Gasteiger partial charge in [0.05, 0.1) is 25.0 Å². The lowest BCUT2D eigenvalue weighted by atomic mass is 10.0. The van der Waals surface area contributed by atoms with E-state index < -0.39 is 0 Å². The second-order valence-electron chi connectivity index (χ2n) is 4.19. The summed E-state index contributed by atoms with van der Waals surface area (Å²) in [6, 6.07) is 5.17. The van der Waals surface area contributed by atoms with Gasteiger partial charge in [-0.15, -0.1) is 0 Å². The van der Waals surface area contributed by atoms with Gasteiger partial charge in [0.25, 0.3) is 0 Å². The van der Waals surface area contributed by atoms with E-state index in [1.165, 1.54) is 6.33 Å². The maximum absolute atomic E-state index is 8.26. The highest BCUT2D eigenvalue weighted by Gasteiger charge is 2.16. The highest BCUT2D eigenvalue weighted by atomic mass is 16.5.